The van der Waals surface area contributed by atoms with Crippen LogP contribution in [0.5, 0.6) is 0 Å². The Balaban J connectivity index is 1.40. The zero-order valence-electron chi connectivity index (χ0n) is 16.9. The number of carbonyl (C=O) groups excluding carboxylic acids is 3. The largest absolute Gasteiger partial charge is 0.376 e. The molecule has 0 saturated carbocycles. The van der Waals surface area contributed by atoms with Crippen molar-refractivity contribution in [2.24, 2.45) is 0 Å². The van der Waals surface area contributed by atoms with Gasteiger partial charge in [0.05, 0.1) is 12.5 Å². The van der Waals surface area contributed by atoms with Gasteiger partial charge in [-0.1, -0.05) is 11.6 Å². The number of rotatable bonds is 7. The minimum absolute atomic E-state index is 0.00292. The summed E-state index contributed by atoms with van der Waals surface area (Å²) in [6, 6.07) is 6.04. The number of ether oxygens (including phenoxy) is 1. The fraction of sp³-hybridized carbons (Fsp3) is 0.476. The molecule has 2 aromatic rings. The Hall–Kier alpha value is -2.87. The predicted molar refractivity (Wildman–Crippen MR) is 109 cm³/mol. The zero-order chi connectivity index (χ0) is 20.8. The van der Waals surface area contributed by atoms with Gasteiger partial charge in [-0.3, -0.25) is 25.2 Å². The van der Waals surface area contributed by atoms with E-state index in [2.05, 4.69) is 21.2 Å². The summed E-state index contributed by atoms with van der Waals surface area (Å²) in [6.45, 7) is 5.13. The van der Waals surface area contributed by atoms with E-state index in [1.165, 1.54) is 0 Å². The van der Waals surface area contributed by atoms with Crippen molar-refractivity contribution in [2.45, 2.75) is 52.1 Å². The number of aryl methyl sites for hydroxylation is 2. The number of H-pyrrole nitrogens is 1. The van der Waals surface area contributed by atoms with E-state index < -0.39 is 5.91 Å². The van der Waals surface area contributed by atoms with Crippen molar-refractivity contribution in [1.82, 2.24) is 21.2 Å². The van der Waals surface area contributed by atoms with Crippen LogP contribution in [0.4, 0.5) is 0 Å². The van der Waals surface area contributed by atoms with Gasteiger partial charge in [0.25, 0.3) is 0 Å². The first kappa shape index (κ1) is 20.9. The Kier molecular flexibility index (Phi) is 6.87. The number of hydrogen-bond acceptors (Lipinski definition) is 4. The van der Waals surface area contributed by atoms with Crippen LogP contribution >= 0.6 is 0 Å². The quantitative estimate of drug-likeness (QED) is 0.528. The van der Waals surface area contributed by atoms with Crippen molar-refractivity contribution in [1.29, 1.82) is 0 Å². The Bertz CT molecular complexity index is 899. The molecule has 1 aliphatic rings. The summed E-state index contributed by atoms with van der Waals surface area (Å²) in [6.07, 6.45) is 2.25. The van der Waals surface area contributed by atoms with Gasteiger partial charge in [-0.2, -0.15) is 0 Å². The molecule has 1 saturated heterocycles. The highest BCUT2D eigenvalue weighted by Crippen LogP contribution is 2.23. The number of aromatic amines is 1. The number of benzene rings is 1. The molecule has 1 fully saturated rings. The van der Waals surface area contributed by atoms with Gasteiger partial charge < -0.3 is 15.0 Å². The number of fused-ring (bicyclic) bond motifs is 1. The van der Waals surface area contributed by atoms with Crippen LogP contribution < -0.4 is 16.2 Å². The van der Waals surface area contributed by atoms with Gasteiger partial charge in [0, 0.05) is 42.6 Å². The van der Waals surface area contributed by atoms with Crippen LogP contribution in [0.1, 0.15) is 42.5 Å². The molecule has 3 amide bonds. The smallest absolute Gasteiger partial charge is 0.242 e. The van der Waals surface area contributed by atoms with E-state index >= 15 is 0 Å². The van der Waals surface area contributed by atoms with Crippen molar-refractivity contribution in [2.75, 3.05) is 13.2 Å². The summed E-state index contributed by atoms with van der Waals surface area (Å²) in [7, 11) is 0. The molecule has 1 aromatic heterocycles. The monoisotopic (exact) mass is 400 g/mol. The van der Waals surface area contributed by atoms with Crippen molar-refractivity contribution >= 4 is 28.6 Å². The summed E-state index contributed by atoms with van der Waals surface area (Å²) in [4.78, 5) is 39.2. The second-order valence-electron chi connectivity index (χ2n) is 7.49. The molecule has 29 heavy (non-hydrogen) atoms. The second kappa shape index (κ2) is 9.56. The highest BCUT2D eigenvalue weighted by Gasteiger charge is 2.17. The Morgan fingerprint density at radius 2 is 1.86 bits per heavy atom. The van der Waals surface area contributed by atoms with Gasteiger partial charge in [0.15, 0.2) is 0 Å². The number of aromatic nitrogens is 1. The Labute approximate surface area is 169 Å². The fourth-order valence-corrected chi connectivity index (χ4v) is 3.48. The van der Waals surface area contributed by atoms with E-state index in [-0.39, 0.29) is 37.2 Å². The van der Waals surface area contributed by atoms with Crippen molar-refractivity contribution < 1.29 is 19.1 Å². The molecule has 0 aliphatic carbocycles. The summed E-state index contributed by atoms with van der Waals surface area (Å²) in [5.74, 6) is -0.921. The molecule has 1 atom stereocenters. The van der Waals surface area contributed by atoms with Crippen LogP contribution in [-0.4, -0.2) is 42.0 Å². The molecule has 8 nitrogen and oxygen atoms in total. The highest BCUT2D eigenvalue weighted by atomic mass is 16.5. The SMILES string of the molecule is Cc1ccc2[nH]c(C)c(CC(=O)NNC(=O)CCC(=O)NCC3CCCO3)c2c1. The third-order valence-electron chi connectivity index (χ3n) is 5.08. The molecule has 1 aliphatic heterocycles. The van der Waals surface area contributed by atoms with E-state index in [0.717, 1.165) is 47.2 Å². The lowest BCUT2D eigenvalue weighted by atomic mass is 10.1. The minimum atomic E-state index is -0.405. The van der Waals surface area contributed by atoms with Gasteiger partial charge >= 0.3 is 0 Å². The first-order valence-electron chi connectivity index (χ1n) is 9.96. The lowest BCUT2D eigenvalue weighted by Crippen LogP contribution is -2.42. The summed E-state index contributed by atoms with van der Waals surface area (Å²) >= 11 is 0. The van der Waals surface area contributed by atoms with E-state index in [0.29, 0.717) is 6.54 Å². The van der Waals surface area contributed by atoms with Crippen LogP contribution in [0.15, 0.2) is 18.2 Å². The zero-order valence-corrected chi connectivity index (χ0v) is 16.9. The maximum Gasteiger partial charge on any atom is 0.242 e. The van der Waals surface area contributed by atoms with Crippen molar-refractivity contribution in [3.63, 3.8) is 0 Å². The van der Waals surface area contributed by atoms with E-state index in [1.807, 2.05) is 32.0 Å². The summed E-state index contributed by atoms with van der Waals surface area (Å²) in [5, 5.41) is 3.77. The van der Waals surface area contributed by atoms with E-state index in [9.17, 15) is 14.4 Å². The average Bonchev–Trinajstić information content (AvgIpc) is 3.31. The lowest BCUT2D eigenvalue weighted by molar-refractivity contribution is -0.130. The minimum Gasteiger partial charge on any atom is -0.376 e. The highest BCUT2D eigenvalue weighted by molar-refractivity contribution is 5.91. The molecule has 1 aromatic carbocycles. The van der Waals surface area contributed by atoms with Gasteiger partial charge in [0.2, 0.25) is 17.7 Å². The Morgan fingerprint density at radius 1 is 1.10 bits per heavy atom. The molecule has 4 N–H and O–H groups in total. The number of hydrazine groups is 1. The lowest BCUT2D eigenvalue weighted by Gasteiger charge is -2.11. The standard InChI is InChI=1S/C21H28N4O4/c1-13-5-6-18-17(10-13)16(14(2)23-18)11-21(28)25-24-20(27)8-7-19(26)22-12-15-4-3-9-29-15/h5-6,10,15,23H,3-4,7-9,11-12H2,1-2H3,(H,22,26)(H,24,27)(H,25,28). The van der Waals surface area contributed by atoms with Crippen LogP contribution in [0.25, 0.3) is 10.9 Å². The first-order valence-corrected chi connectivity index (χ1v) is 9.96. The van der Waals surface area contributed by atoms with Crippen molar-refractivity contribution in [3.8, 4) is 0 Å². The third kappa shape index (κ3) is 5.80. The average molecular weight is 400 g/mol. The molecule has 3 rings (SSSR count). The molecule has 0 spiro atoms. The molecule has 156 valence electrons. The van der Waals surface area contributed by atoms with Crippen LogP contribution in [0.2, 0.25) is 0 Å². The topological polar surface area (TPSA) is 112 Å². The van der Waals surface area contributed by atoms with Gasteiger partial charge in [-0.15, -0.1) is 0 Å². The predicted octanol–water partition coefficient (Wildman–Crippen LogP) is 1.55. The van der Waals surface area contributed by atoms with E-state index in [1.54, 1.807) is 0 Å². The first-order chi connectivity index (χ1) is 13.9. The summed E-state index contributed by atoms with van der Waals surface area (Å²) < 4.78 is 5.43. The molecular formula is C21H28N4O4. The van der Waals surface area contributed by atoms with Crippen LogP contribution in [0, 0.1) is 13.8 Å². The fourth-order valence-electron chi connectivity index (χ4n) is 3.48. The number of carbonyl (C=O) groups is 3. The molecule has 8 heteroatoms. The van der Waals surface area contributed by atoms with E-state index in [4.69, 9.17) is 4.74 Å². The number of hydrogen-bond donors (Lipinski definition) is 4. The molecule has 1 unspecified atom stereocenters. The molecule has 2 heterocycles. The maximum absolute atomic E-state index is 12.3. The Morgan fingerprint density at radius 3 is 2.62 bits per heavy atom. The van der Waals surface area contributed by atoms with Crippen molar-refractivity contribution in [3.05, 3.63) is 35.0 Å². The maximum atomic E-state index is 12.3. The van der Waals surface area contributed by atoms with Crippen LogP contribution in [0.3, 0.4) is 0 Å². The summed E-state index contributed by atoms with van der Waals surface area (Å²) in [5.41, 5.74) is 8.72. The number of nitrogens with one attached hydrogen (secondary N) is 4. The molecule has 0 radical (unpaired) electrons. The van der Waals surface area contributed by atoms with Crippen LogP contribution in [-0.2, 0) is 25.5 Å². The normalized spacial score (nSPS) is 16.0. The van der Waals surface area contributed by atoms with Gasteiger partial charge in [-0.05, 0) is 44.4 Å². The van der Waals surface area contributed by atoms with Gasteiger partial charge in [0.1, 0.15) is 0 Å². The van der Waals surface area contributed by atoms with Gasteiger partial charge in [-0.25, -0.2) is 0 Å². The number of amides is 3. The molecule has 0 bridgehead atoms. The third-order valence-corrected chi connectivity index (χ3v) is 5.08. The molecular weight excluding hydrogens is 372 g/mol. The second-order valence-corrected chi connectivity index (χ2v) is 7.49.